The zero-order valence-corrected chi connectivity index (χ0v) is 9.09. The number of rotatable bonds is 3. The van der Waals surface area contributed by atoms with E-state index in [1.165, 1.54) is 0 Å². The molecule has 1 aromatic carbocycles. The van der Waals surface area contributed by atoms with Crippen LogP contribution in [-0.4, -0.2) is 27.7 Å². The Kier molecular flexibility index (Phi) is 2.63. The molecule has 4 N–H and O–H groups in total. The summed E-state index contributed by atoms with van der Waals surface area (Å²) in [6.07, 6.45) is -0.0870. The van der Waals surface area contributed by atoms with Crippen molar-refractivity contribution < 1.29 is 19.8 Å². The molecule has 0 bridgehead atoms. The maximum Gasteiger partial charge on any atom is 0.324 e. The summed E-state index contributed by atoms with van der Waals surface area (Å²) in [5, 5.41) is 18.1. The molecular formula is C12H13NO4. The van der Waals surface area contributed by atoms with Crippen molar-refractivity contribution in [1.29, 1.82) is 0 Å². The first kappa shape index (κ1) is 11.6. The average Bonchev–Trinajstić information content (AvgIpc) is 2.53. The van der Waals surface area contributed by atoms with Crippen molar-refractivity contribution in [3.05, 3.63) is 35.4 Å². The van der Waals surface area contributed by atoms with E-state index in [-0.39, 0.29) is 12.8 Å². The van der Waals surface area contributed by atoms with E-state index >= 15 is 0 Å². The fourth-order valence-electron chi connectivity index (χ4n) is 2.44. The molecule has 2 rings (SSSR count). The summed E-state index contributed by atoms with van der Waals surface area (Å²) in [5.74, 6) is -2.86. The molecule has 0 amide bonds. The summed E-state index contributed by atoms with van der Waals surface area (Å²) in [6, 6.07) is 7.10. The number of aliphatic carboxylic acids is 2. The zero-order chi connectivity index (χ0) is 12.6. The maximum atomic E-state index is 11.3. The van der Waals surface area contributed by atoms with Crippen molar-refractivity contribution in [3.8, 4) is 0 Å². The van der Waals surface area contributed by atoms with Gasteiger partial charge < -0.3 is 15.9 Å². The SMILES string of the molecule is N[C@]1(C(=O)O)Cc2ccccc2[C@H]1CC(=O)O. The standard InChI is InChI=1S/C12H13NO4/c13-12(11(16)17)6-7-3-1-2-4-8(7)9(12)5-10(14)15/h1-4,9H,5-6,13H2,(H,14,15)(H,16,17)/t9-,12-/m1/s1. The van der Waals surface area contributed by atoms with E-state index in [1.807, 2.05) is 0 Å². The van der Waals surface area contributed by atoms with Crippen molar-refractivity contribution in [2.24, 2.45) is 5.73 Å². The van der Waals surface area contributed by atoms with Crippen molar-refractivity contribution in [1.82, 2.24) is 0 Å². The van der Waals surface area contributed by atoms with Gasteiger partial charge in [-0.15, -0.1) is 0 Å². The van der Waals surface area contributed by atoms with Crippen LogP contribution in [0.4, 0.5) is 0 Å². The van der Waals surface area contributed by atoms with E-state index in [1.54, 1.807) is 24.3 Å². The highest BCUT2D eigenvalue weighted by molar-refractivity contribution is 5.84. The molecule has 1 aromatic rings. The molecule has 5 nitrogen and oxygen atoms in total. The monoisotopic (exact) mass is 235 g/mol. The summed E-state index contributed by atoms with van der Waals surface area (Å²) in [7, 11) is 0. The van der Waals surface area contributed by atoms with E-state index < -0.39 is 23.4 Å². The van der Waals surface area contributed by atoms with Crippen LogP contribution in [-0.2, 0) is 16.0 Å². The van der Waals surface area contributed by atoms with Crippen molar-refractivity contribution in [2.45, 2.75) is 24.3 Å². The lowest BCUT2D eigenvalue weighted by Crippen LogP contribution is -2.52. The second kappa shape index (κ2) is 3.85. The van der Waals surface area contributed by atoms with E-state index in [0.29, 0.717) is 0 Å². The molecule has 5 heteroatoms. The molecule has 2 atom stereocenters. The van der Waals surface area contributed by atoms with E-state index in [2.05, 4.69) is 0 Å². The lowest BCUT2D eigenvalue weighted by atomic mass is 9.83. The lowest BCUT2D eigenvalue weighted by Gasteiger charge is -2.26. The summed E-state index contributed by atoms with van der Waals surface area (Å²) in [5.41, 5.74) is 5.93. The molecule has 1 aliphatic carbocycles. The Bertz CT molecular complexity index is 485. The van der Waals surface area contributed by atoms with E-state index in [0.717, 1.165) is 11.1 Å². The molecular weight excluding hydrogens is 222 g/mol. The molecule has 0 aliphatic heterocycles. The molecule has 0 saturated carbocycles. The van der Waals surface area contributed by atoms with Gasteiger partial charge in [0.05, 0.1) is 6.42 Å². The van der Waals surface area contributed by atoms with Gasteiger partial charge in [-0.1, -0.05) is 24.3 Å². The molecule has 0 heterocycles. The van der Waals surface area contributed by atoms with E-state index in [4.69, 9.17) is 10.8 Å². The van der Waals surface area contributed by atoms with Gasteiger partial charge in [0.2, 0.25) is 0 Å². The molecule has 1 aliphatic rings. The number of carbonyl (C=O) groups is 2. The minimum Gasteiger partial charge on any atom is -0.481 e. The molecule has 0 saturated heterocycles. The summed E-state index contributed by atoms with van der Waals surface area (Å²) >= 11 is 0. The van der Waals surface area contributed by atoms with Gasteiger partial charge in [0.1, 0.15) is 5.54 Å². The molecule has 0 fully saturated rings. The highest BCUT2D eigenvalue weighted by atomic mass is 16.4. The molecule has 0 unspecified atom stereocenters. The van der Waals surface area contributed by atoms with Crippen LogP contribution in [0.2, 0.25) is 0 Å². The first-order valence-corrected chi connectivity index (χ1v) is 5.27. The second-order valence-electron chi connectivity index (χ2n) is 4.37. The van der Waals surface area contributed by atoms with Gasteiger partial charge in [-0.05, 0) is 11.1 Å². The quantitative estimate of drug-likeness (QED) is 0.711. The summed E-state index contributed by atoms with van der Waals surface area (Å²) < 4.78 is 0. The third-order valence-corrected chi connectivity index (χ3v) is 3.31. The molecule has 0 spiro atoms. The number of carboxylic acid groups (broad SMARTS) is 2. The highest BCUT2D eigenvalue weighted by Crippen LogP contribution is 2.41. The zero-order valence-electron chi connectivity index (χ0n) is 9.09. The third-order valence-electron chi connectivity index (χ3n) is 3.31. The Labute approximate surface area is 97.9 Å². The smallest absolute Gasteiger partial charge is 0.324 e. The topological polar surface area (TPSA) is 101 Å². The van der Waals surface area contributed by atoms with Gasteiger partial charge in [0.25, 0.3) is 0 Å². The van der Waals surface area contributed by atoms with Gasteiger partial charge in [-0.3, -0.25) is 9.59 Å². The number of hydrogen-bond donors (Lipinski definition) is 3. The molecule has 0 aromatic heterocycles. The van der Waals surface area contributed by atoms with Crippen LogP contribution in [0.5, 0.6) is 0 Å². The Morgan fingerprint density at radius 3 is 2.59 bits per heavy atom. The molecule has 0 radical (unpaired) electrons. The predicted molar refractivity (Wildman–Crippen MR) is 59.7 cm³/mol. The fourth-order valence-corrected chi connectivity index (χ4v) is 2.44. The van der Waals surface area contributed by atoms with Gasteiger partial charge in [-0.2, -0.15) is 0 Å². The van der Waals surface area contributed by atoms with Crippen LogP contribution in [0.25, 0.3) is 0 Å². The minimum absolute atomic E-state index is 0.177. The van der Waals surface area contributed by atoms with Crippen LogP contribution in [0.15, 0.2) is 24.3 Å². The molecule has 17 heavy (non-hydrogen) atoms. The van der Waals surface area contributed by atoms with Crippen LogP contribution < -0.4 is 5.73 Å². The van der Waals surface area contributed by atoms with Crippen LogP contribution in [0.1, 0.15) is 23.5 Å². The van der Waals surface area contributed by atoms with E-state index in [9.17, 15) is 14.7 Å². The summed E-state index contributed by atoms with van der Waals surface area (Å²) in [4.78, 5) is 22.1. The van der Waals surface area contributed by atoms with Crippen LogP contribution >= 0.6 is 0 Å². The fraction of sp³-hybridized carbons (Fsp3) is 0.333. The number of benzene rings is 1. The first-order valence-electron chi connectivity index (χ1n) is 5.27. The number of hydrogen-bond acceptors (Lipinski definition) is 3. The Balaban J connectivity index is 2.47. The Hall–Kier alpha value is -1.88. The third kappa shape index (κ3) is 1.78. The largest absolute Gasteiger partial charge is 0.481 e. The Morgan fingerprint density at radius 1 is 1.35 bits per heavy atom. The maximum absolute atomic E-state index is 11.3. The first-order chi connectivity index (χ1) is 7.95. The van der Waals surface area contributed by atoms with Gasteiger partial charge in [0.15, 0.2) is 0 Å². The van der Waals surface area contributed by atoms with Crippen molar-refractivity contribution >= 4 is 11.9 Å². The summed E-state index contributed by atoms with van der Waals surface area (Å²) in [6.45, 7) is 0. The molecule has 90 valence electrons. The number of nitrogens with two attached hydrogens (primary N) is 1. The van der Waals surface area contributed by atoms with Gasteiger partial charge in [0, 0.05) is 12.3 Å². The number of carboxylic acids is 2. The van der Waals surface area contributed by atoms with Crippen molar-refractivity contribution in [2.75, 3.05) is 0 Å². The Morgan fingerprint density at radius 2 is 2.00 bits per heavy atom. The van der Waals surface area contributed by atoms with Crippen LogP contribution in [0.3, 0.4) is 0 Å². The second-order valence-corrected chi connectivity index (χ2v) is 4.37. The minimum atomic E-state index is -1.51. The predicted octanol–water partition coefficient (Wildman–Crippen LogP) is 0.583. The van der Waals surface area contributed by atoms with Gasteiger partial charge >= 0.3 is 11.9 Å². The number of fused-ring (bicyclic) bond motifs is 1. The van der Waals surface area contributed by atoms with Crippen molar-refractivity contribution in [3.63, 3.8) is 0 Å². The lowest BCUT2D eigenvalue weighted by molar-refractivity contribution is -0.145. The van der Waals surface area contributed by atoms with Crippen LogP contribution in [0, 0.1) is 0 Å². The normalized spacial score (nSPS) is 26.5. The van der Waals surface area contributed by atoms with Gasteiger partial charge in [-0.25, -0.2) is 0 Å². The highest BCUT2D eigenvalue weighted by Gasteiger charge is 2.49. The average molecular weight is 235 g/mol.